The molecule has 0 unspecified atom stereocenters. The lowest BCUT2D eigenvalue weighted by Gasteiger charge is -2.25. The molecule has 1 aliphatic heterocycles. The fraction of sp³-hybridized carbons (Fsp3) is 0.471. The van der Waals surface area contributed by atoms with Gasteiger partial charge in [-0.15, -0.1) is 0 Å². The van der Waals surface area contributed by atoms with Gasteiger partial charge in [-0.1, -0.05) is 19.1 Å². The molecule has 2 atom stereocenters. The summed E-state index contributed by atoms with van der Waals surface area (Å²) in [5.41, 5.74) is 1.13. The zero-order valence-electron chi connectivity index (χ0n) is 12.8. The number of nitrogens with zero attached hydrogens (tertiary/aromatic N) is 3. The fourth-order valence-corrected chi connectivity index (χ4v) is 3.22. The molecule has 2 heterocycles. The summed E-state index contributed by atoms with van der Waals surface area (Å²) in [4.78, 5) is 32.5. The number of rotatable bonds is 5. The number of allylic oxidation sites excluding steroid dienone is 2. The number of fused-ring (bicyclic) bond motifs is 1. The standard InChI is InChI=1S/C17H21N3O2/c1-2-19(11-13-7-9-18-10-8-13)12-20-16(21)14-5-3-4-6-15(14)17(20)22/h3-4,7-10,14-15H,2,5-6,11-12H2,1H3/t14-,15-/m1/s1. The summed E-state index contributed by atoms with van der Waals surface area (Å²) in [5, 5.41) is 0. The van der Waals surface area contributed by atoms with Gasteiger partial charge in [0.1, 0.15) is 0 Å². The van der Waals surface area contributed by atoms with E-state index in [2.05, 4.69) is 9.88 Å². The number of carbonyl (C=O) groups excluding carboxylic acids is 2. The Kier molecular flexibility index (Phi) is 4.34. The first-order valence-electron chi connectivity index (χ1n) is 7.82. The molecule has 0 spiro atoms. The summed E-state index contributed by atoms with van der Waals surface area (Å²) >= 11 is 0. The average molecular weight is 299 g/mol. The van der Waals surface area contributed by atoms with Crippen LogP contribution >= 0.6 is 0 Å². The van der Waals surface area contributed by atoms with E-state index in [1.165, 1.54) is 4.90 Å². The van der Waals surface area contributed by atoms with Gasteiger partial charge in [0.05, 0.1) is 18.5 Å². The molecule has 1 saturated heterocycles. The van der Waals surface area contributed by atoms with Crippen LogP contribution in [-0.2, 0) is 16.1 Å². The number of hydrogen-bond acceptors (Lipinski definition) is 4. The molecule has 22 heavy (non-hydrogen) atoms. The highest BCUT2D eigenvalue weighted by Crippen LogP contribution is 2.35. The summed E-state index contributed by atoms with van der Waals surface area (Å²) in [7, 11) is 0. The molecule has 5 nitrogen and oxygen atoms in total. The van der Waals surface area contributed by atoms with E-state index < -0.39 is 0 Å². The van der Waals surface area contributed by atoms with E-state index in [1.807, 2.05) is 31.2 Å². The van der Waals surface area contributed by atoms with E-state index in [0.29, 0.717) is 26.1 Å². The van der Waals surface area contributed by atoms with Gasteiger partial charge in [-0.05, 0) is 37.1 Å². The summed E-state index contributed by atoms with van der Waals surface area (Å²) in [6.07, 6.45) is 8.95. The Balaban J connectivity index is 1.68. The lowest BCUT2D eigenvalue weighted by molar-refractivity contribution is -0.142. The average Bonchev–Trinajstić information content (AvgIpc) is 2.80. The zero-order chi connectivity index (χ0) is 15.5. The van der Waals surface area contributed by atoms with E-state index in [0.717, 1.165) is 12.1 Å². The fourth-order valence-electron chi connectivity index (χ4n) is 3.22. The smallest absolute Gasteiger partial charge is 0.234 e. The first-order valence-corrected chi connectivity index (χ1v) is 7.82. The molecule has 0 N–H and O–H groups in total. The van der Waals surface area contributed by atoms with Crippen LogP contribution in [0.5, 0.6) is 0 Å². The Labute approximate surface area is 130 Å². The van der Waals surface area contributed by atoms with Gasteiger partial charge in [0.25, 0.3) is 0 Å². The van der Waals surface area contributed by atoms with E-state index in [-0.39, 0.29) is 23.7 Å². The summed E-state index contributed by atoms with van der Waals surface area (Å²) in [6, 6.07) is 3.92. The molecule has 0 aromatic carbocycles. The second-order valence-corrected chi connectivity index (χ2v) is 5.90. The Morgan fingerprint density at radius 2 is 1.73 bits per heavy atom. The summed E-state index contributed by atoms with van der Waals surface area (Å²) in [5.74, 6) is -0.297. The number of pyridine rings is 1. The van der Waals surface area contributed by atoms with Gasteiger partial charge < -0.3 is 0 Å². The molecule has 1 aromatic heterocycles. The molecule has 0 saturated carbocycles. The van der Waals surface area contributed by atoms with Crippen LogP contribution in [0.3, 0.4) is 0 Å². The van der Waals surface area contributed by atoms with E-state index in [9.17, 15) is 9.59 Å². The van der Waals surface area contributed by atoms with Crippen molar-refractivity contribution in [3.8, 4) is 0 Å². The minimum atomic E-state index is -0.142. The van der Waals surface area contributed by atoms with Crippen LogP contribution in [0.25, 0.3) is 0 Å². The molecule has 2 amide bonds. The molecule has 1 aromatic rings. The van der Waals surface area contributed by atoms with Gasteiger partial charge >= 0.3 is 0 Å². The van der Waals surface area contributed by atoms with Crippen molar-refractivity contribution in [2.24, 2.45) is 11.8 Å². The third-order valence-corrected chi connectivity index (χ3v) is 4.54. The van der Waals surface area contributed by atoms with Crippen molar-refractivity contribution in [3.05, 3.63) is 42.2 Å². The summed E-state index contributed by atoms with van der Waals surface area (Å²) in [6.45, 7) is 3.92. The Bertz CT molecular complexity index is 559. The number of hydrogen-bond donors (Lipinski definition) is 0. The Morgan fingerprint density at radius 1 is 1.14 bits per heavy atom. The van der Waals surface area contributed by atoms with Crippen molar-refractivity contribution in [2.45, 2.75) is 26.3 Å². The minimum Gasteiger partial charge on any atom is -0.282 e. The minimum absolute atomic E-state index is 0.00692. The van der Waals surface area contributed by atoms with Crippen LogP contribution in [0.15, 0.2) is 36.7 Å². The number of amides is 2. The van der Waals surface area contributed by atoms with Gasteiger partial charge in [-0.3, -0.25) is 24.4 Å². The van der Waals surface area contributed by atoms with Crippen molar-refractivity contribution in [1.29, 1.82) is 0 Å². The van der Waals surface area contributed by atoms with Crippen LogP contribution in [0, 0.1) is 11.8 Å². The van der Waals surface area contributed by atoms with Crippen LogP contribution < -0.4 is 0 Å². The SMILES string of the molecule is CCN(Cc1ccncc1)CN1C(=O)[C@@H]2CC=CC[C@H]2C1=O. The molecule has 1 aliphatic carbocycles. The highest BCUT2D eigenvalue weighted by atomic mass is 16.2. The van der Waals surface area contributed by atoms with E-state index in [4.69, 9.17) is 0 Å². The topological polar surface area (TPSA) is 53.5 Å². The normalized spacial score (nSPS) is 24.2. The van der Waals surface area contributed by atoms with Crippen LogP contribution in [0.4, 0.5) is 0 Å². The molecule has 3 rings (SSSR count). The molecular weight excluding hydrogens is 278 g/mol. The zero-order valence-corrected chi connectivity index (χ0v) is 12.8. The van der Waals surface area contributed by atoms with Crippen molar-refractivity contribution in [3.63, 3.8) is 0 Å². The van der Waals surface area contributed by atoms with Gasteiger partial charge in [0.15, 0.2) is 0 Å². The number of carbonyl (C=O) groups is 2. The summed E-state index contributed by atoms with van der Waals surface area (Å²) < 4.78 is 0. The van der Waals surface area contributed by atoms with Gasteiger partial charge in [0.2, 0.25) is 11.8 Å². The van der Waals surface area contributed by atoms with E-state index in [1.54, 1.807) is 12.4 Å². The van der Waals surface area contributed by atoms with Gasteiger partial charge in [0, 0.05) is 18.9 Å². The number of aromatic nitrogens is 1. The van der Waals surface area contributed by atoms with Gasteiger partial charge in [-0.25, -0.2) is 0 Å². The third kappa shape index (κ3) is 2.81. The van der Waals surface area contributed by atoms with Crippen molar-refractivity contribution in [2.75, 3.05) is 13.2 Å². The van der Waals surface area contributed by atoms with Crippen molar-refractivity contribution >= 4 is 11.8 Å². The molecule has 5 heteroatoms. The van der Waals surface area contributed by atoms with E-state index >= 15 is 0 Å². The first kappa shape index (κ1) is 14.9. The molecule has 1 fully saturated rings. The van der Waals surface area contributed by atoms with Crippen molar-refractivity contribution < 1.29 is 9.59 Å². The molecule has 116 valence electrons. The second-order valence-electron chi connectivity index (χ2n) is 5.90. The molecular formula is C17H21N3O2. The van der Waals surface area contributed by atoms with Crippen molar-refractivity contribution in [1.82, 2.24) is 14.8 Å². The van der Waals surface area contributed by atoms with Crippen LogP contribution in [-0.4, -0.2) is 39.8 Å². The number of imide groups is 1. The predicted octanol–water partition coefficient (Wildman–Crippen LogP) is 1.81. The molecule has 0 bridgehead atoms. The molecule has 2 aliphatic rings. The molecule has 0 radical (unpaired) electrons. The second kappa shape index (κ2) is 6.40. The monoisotopic (exact) mass is 299 g/mol. The van der Waals surface area contributed by atoms with Crippen LogP contribution in [0.2, 0.25) is 0 Å². The largest absolute Gasteiger partial charge is 0.282 e. The maximum absolute atomic E-state index is 12.5. The maximum atomic E-state index is 12.5. The first-order chi connectivity index (χ1) is 10.7. The lowest BCUT2D eigenvalue weighted by atomic mass is 9.85. The lowest BCUT2D eigenvalue weighted by Crippen LogP contribution is -2.41. The maximum Gasteiger partial charge on any atom is 0.234 e. The predicted molar refractivity (Wildman–Crippen MR) is 82.4 cm³/mol. The number of likely N-dealkylation sites (tertiary alicyclic amines) is 1. The Morgan fingerprint density at radius 3 is 2.27 bits per heavy atom. The highest BCUT2D eigenvalue weighted by molar-refractivity contribution is 6.05. The third-order valence-electron chi connectivity index (χ3n) is 4.54. The Hall–Kier alpha value is -2.01. The highest BCUT2D eigenvalue weighted by Gasteiger charge is 2.47. The quantitative estimate of drug-likeness (QED) is 0.614. The van der Waals surface area contributed by atoms with Gasteiger partial charge in [-0.2, -0.15) is 0 Å². The van der Waals surface area contributed by atoms with Crippen LogP contribution in [0.1, 0.15) is 25.3 Å².